The number of hydrogen-bond acceptors (Lipinski definition) is 5. The largest absolute Gasteiger partial charge is 0.317 e. The molecule has 6 nitrogen and oxygen atoms in total. The van der Waals surface area contributed by atoms with E-state index in [1.807, 2.05) is 6.07 Å². The molecule has 88 valence electrons. The van der Waals surface area contributed by atoms with E-state index in [9.17, 15) is 9.59 Å². The summed E-state index contributed by atoms with van der Waals surface area (Å²) in [6, 6.07) is 1.71. The van der Waals surface area contributed by atoms with Crippen LogP contribution >= 0.6 is 11.3 Å². The zero-order valence-electron chi connectivity index (χ0n) is 9.35. The fourth-order valence-electron chi connectivity index (χ4n) is 1.40. The van der Waals surface area contributed by atoms with E-state index in [0.717, 1.165) is 11.3 Å². The average molecular weight is 250 g/mol. The van der Waals surface area contributed by atoms with Crippen LogP contribution in [-0.2, 0) is 4.79 Å². The SMILES string of the molecule is CC(=O)Nc1nc(C)c(C(=O)N2CC2C#N)s1. The van der Waals surface area contributed by atoms with E-state index >= 15 is 0 Å². The summed E-state index contributed by atoms with van der Waals surface area (Å²) in [5, 5.41) is 11.6. The number of carbonyl (C=O) groups is 2. The summed E-state index contributed by atoms with van der Waals surface area (Å²) in [6.07, 6.45) is 0. The lowest BCUT2D eigenvalue weighted by molar-refractivity contribution is -0.114. The van der Waals surface area contributed by atoms with Gasteiger partial charge in [0.05, 0.1) is 18.3 Å². The Bertz CT molecular complexity index is 531. The van der Waals surface area contributed by atoms with Crippen molar-refractivity contribution in [3.63, 3.8) is 0 Å². The Kier molecular flexibility index (Phi) is 2.81. The van der Waals surface area contributed by atoms with Gasteiger partial charge in [-0.1, -0.05) is 11.3 Å². The number of carbonyl (C=O) groups excluding carboxylic acids is 2. The van der Waals surface area contributed by atoms with Gasteiger partial charge in [-0.3, -0.25) is 9.59 Å². The summed E-state index contributed by atoms with van der Waals surface area (Å²) in [4.78, 5) is 28.8. The maximum Gasteiger partial charge on any atom is 0.267 e. The molecule has 7 heteroatoms. The Hall–Kier alpha value is -1.94. The third kappa shape index (κ3) is 2.26. The number of amides is 2. The smallest absolute Gasteiger partial charge is 0.267 e. The van der Waals surface area contributed by atoms with Crippen LogP contribution < -0.4 is 5.32 Å². The highest BCUT2D eigenvalue weighted by atomic mass is 32.1. The van der Waals surface area contributed by atoms with Gasteiger partial charge >= 0.3 is 0 Å². The monoisotopic (exact) mass is 250 g/mol. The van der Waals surface area contributed by atoms with Gasteiger partial charge in [-0.05, 0) is 6.92 Å². The van der Waals surface area contributed by atoms with Crippen LogP contribution in [0.25, 0.3) is 0 Å². The van der Waals surface area contributed by atoms with E-state index in [-0.39, 0.29) is 17.9 Å². The van der Waals surface area contributed by atoms with Crippen LogP contribution in [0.1, 0.15) is 22.3 Å². The lowest BCUT2D eigenvalue weighted by atomic mass is 10.4. The number of anilines is 1. The lowest BCUT2D eigenvalue weighted by Crippen LogP contribution is -2.12. The molecular weight excluding hydrogens is 240 g/mol. The number of aryl methyl sites for hydroxylation is 1. The molecule has 1 aliphatic heterocycles. The van der Waals surface area contributed by atoms with E-state index in [2.05, 4.69) is 10.3 Å². The summed E-state index contributed by atoms with van der Waals surface area (Å²) >= 11 is 1.13. The molecule has 0 bridgehead atoms. The van der Waals surface area contributed by atoms with Crippen LogP contribution in [0.4, 0.5) is 5.13 Å². The maximum atomic E-state index is 11.9. The summed E-state index contributed by atoms with van der Waals surface area (Å²) in [6.45, 7) is 3.57. The first-order chi connectivity index (χ1) is 8.02. The van der Waals surface area contributed by atoms with Crippen LogP contribution in [0.2, 0.25) is 0 Å². The Balaban J connectivity index is 2.16. The average Bonchev–Trinajstić information content (AvgIpc) is 2.95. The highest BCUT2D eigenvalue weighted by Crippen LogP contribution is 2.28. The molecule has 1 aromatic rings. The minimum Gasteiger partial charge on any atom is -0.317 e. The second-order valence-corrected chi connectivity index (χ2v) is 4.72. The first-order valence-corrected chi connectivity index (χ1v) is 5.80. The normalized spacial score (nSPS) is 17.5. The number of nitriles is 1. The Morgan fingerprint density at radius 2 is 2.35 bits per heavy atom. The number of nitrogens with one attached hydrogen (secondary N) is 1. The molecule has 0 spiro atoms. The van der Waals surface area contributed by atoms with Crippen LogP contribution in [-0.4, -0.2) is 34.3 Å². The first kappa shape index (κ1) is 11.5. The molecule has 1 N–H and O–H groups in total. The van der Waals surface area contributed by atoms with Crippen molar-refractivity contribution in [1.29, 1.82) is 5.26 Å². The highest BCUT2D eigenvalue weighted by molar-refractivity contribution is 7.17. The Morgan fingerprint density at radius 3 is 2.88 bits per heavy atom. The van der Waals surface area contributed by atoms with Crippen LogP contribution in [0.3, 0.4) is 0 Å². The molecule has 1 saturated heterocycles. The van der Waals surface area contributed by atoms with Gasteiger partial charge < -0.3 is 10.2 Å². The van der Waals surface area contributed by atoms with Crippen molar-refractivity contribution in [1.82, 2.24) is 9.88 Å². The quantitative estimate of drug-likeness (QED) is 0.785. The van der Waals surface area contributed by atoms with Crippen LogP contribution in [0, 0.1) is 18.3 Å². The molecule has 2 heterocycles. The Labute approximate surface area is 102 Å². The predicted octanol–water partition coefficient (Wildman–Crippen LogP) is 0.758. The second-order valence-electron chi connectivity index (χ2n) is 3.72. The predicted molar refractivity (Wildman–Crippen MR) is 61.6 cm³/mol. The third-order valence-electron chi connectivity index (χ3n) is 2.30. The molecule has 1 unspecified atom stereocenters. The number of hydrogen-bond donors (Lipinski definition) is 1. The van der Waals surface area contributed by atoms with Gasteiger partial charge in [0, 0.05) is 6.92 Å². The van der Waals surface area contributed by atoms with Crippen molar-refractivity contribution in [2.45, 2.75) is 19.9 Å². The number of nitrogens with zero attached hydrogens (tertiary/aromatic N) is 3. The van der Waals surface area contributed by atoms with Gasteiger partial charge in [-0.15, -0.1) is 0 Å². The molecule has 0 aliphatic carbocycles. The van der Waals surface area contributed by atoms with Gasteiger partial charge in [0.2, 0.25) is 5.91 Å². The minimum absolute atomic E-state index is 0.192. The molecular formula is C10H10N4O2S. The molecule has 0 saturated carbocycles. The van der Waals surface area contributed by atoms with Crippen LogP contribution in [0.15, 0.2) is 0 Å². The molecule has 1 fully saturated rings. The van der Waals surface area contributed by atoms with Crippen molar-refractivity contribution in [2.75, 3.05) is 11.9 Å². The van der Waals surface area contributed by atoms with Gasteiger partial charge in [0.15, 0.2) is 5.13 Å². The van der Waals surface area contributed by atoms with Gasteiger partial charge in [-0.25, -0.2) is 4.98 Å². The third-order valence-corrected chi connectivity index (χ3v) is 3.36. The fourth-order valence-corrected chi connectivity index (χ4v) is 2.37. The van der Waals surface area contributed by atoms with Crippen molar-refractivity contribution in [3.05, 3.63) is 10.6 Å². The van der Waals surface area contributed by atoms with Gasteiger partial charge in [0.1, 0.15) is 10.9 Å². The van der Waals surface area contributed by atoms with Crippen molar-refractivity contribution in [3.8, 4) is 6.07 Å². The number of thiazole rings is 1. The molecule has 17 heavy (non-hydrogen) atoms. The van der Waals surface area contributed by atoms with E-state index in [1.54, 1.807) is 6.92 Å². The molecule has 1 aliphatic rings. The number of aromatic nitrogens is 1. The van der Waals surface area contributed by atoms with Gasteiger partial charge in [0.25, 0.3) is 5.91 Å². The summed E-state index contributed by atoms with van der Waals surface area (Å²) < 4.78 is 0. The molecule has 2 amide bonds. The molecule has 0 aromatic carbocycles. The van der Waals surface area contributed by atoms with Crippen molar-refractivity contribution in [2.24, 2.45) is 0 Å². The second kappa shape index (κ2) is 4.14. The summed E-state index contributed by atoms with van der Waals surface area (Å²) in [5.74, 6) is -0.414. The van der Waals surface area contributed by atoms with Crippen molar-refractivity contribution < 1.29 is 9.59 Å². The van der Waals surface area contributed by atoms with E-state index in [1.165, 1.54) is 11.8 Å². The molecule has 0 radical (unpaired) electrons. The lowest BCUT2D eigenvalue weighted by Gasteiger charge is -1.98. The van der Waals surface area contributed by atoms with E-state index in [4.69, 9.17) is 5.26 Å². The highest BCUT2D eigenvalue weighted by Gasteiger charge is 2.40. The minimum atomic E-state index is -0.312. The van der Waals surface area contributed by atoms with Crippen LogP contribution in [0.5, 0.6) is 0 Å². The fraction of sp³-hybridized carbons (Fsp3) is 0.400. The summed E-state index contributed by atoms with van der Waals surface area (Å²) in [7, 11) is 0. The zero-order chi connectivity index (χ0) is 12.6. The first-order valence-electron chi connectivity index (χ1n) is 4.98. The molecule has 1 atom stereocenters. The van der Waals surface area contributed by atoms with Gasteiger partial charge in [-0.2, -0.15) is 5.26 Å². The Morgan fingerprint density at radius 1 is 1.65 bits per heavy atom. The molecule has 2 rings (SSSR count). The standard InChI is InChI=1S/C10H10N4O2S/c1-5-8(9(16)14-4-7(14)3-11)17-10(12-5)13-6(2)15/h7H,4H2,1-2H3,(H,12,13,15). The molecule has 1 aromatic heterocycles. The topological polar surface area (TPSA) is 85.9 Å². The summed E-state index contributed by atoms with van der Waals surface area (Å²) in [5.41, 5.74) is 0.576. The van der Waals surface area contributed by atoms with E-state index in [0.29, 0.717) is 22.2 Å². The van der Waals surface area contributed by atoms with Crippen molar-refractivity contribution >= 4 is 28.3 Å². The zero-order valence-corrected chi connectivity index (χ0v) is 10.2. The number of rotatable bonds is 2. The van der Waals surface area contributed by atoms with E-state index < -0.39 is 0 Å². The maximum absolute atomic E-state index is 11.9.